The van der Waals surface area contributed by atoms with E-state index in [2.05, 4.69) is 5.32 Å². The minimum absolute atomic E-state index is 0.0553. The Morgan fingerprint density at radius 3 is 2.65 bits per heavy atom. The monoisotopic (exact) mass is 299 g/mol. The second-order valence-electron chi connectivity index (χ2n) is 5.59. The second kappa shape index (κ2) is 5.78. The van der Waals surface area contributed by atoms with Crippen LogP contribution in [-0.4, -0.2) is 26.3 Å². The molecule has 0 radical (unpaired) electrons. The third kappa shape index (κ3) is 2.86. The molecule has 1 saturated carbocycles. The molecule has 20 heavy (non-hydrogen) atoms. The Balaban J connectivity index is 1.82. The van der Waals surface area contributed by atoms with Gasteiger partial charge in [0.25, 0.3) is 0 Å². The number of benzene rings is 1. The van der Waals surface area contributed by atoms with Crippen LogP contribution in [0, 0.1) is 17.7 Å². The number of nitrogens with one attached hydrogen (secondary N) is 1. The third-order valence-corrected chi connectivity index (χ3v) is 4.41. The maximum atomic E-state index is 13.7. The highest BCUT2D eigenvalue weighted by atomic mass is 35.5. The van der Waals surface area contributed by atoms with Crippen LogP contribution in [0.1, 0.15) is 19.3 Å². The molecule has 0 aromatic heterocycles. The lowest BCUT2D eigenvalue weighted by Crippen LogP contribution is -2.31. The average molecular weight is 300 g/mol. The van der Waals surface area contributed by atoms with Crippen LogP contribution in [0.3, 0.4) is 0 Å². The molecular formula is C15H19ClFNO2. The van der Waals surface area contributed by atoms with E-state index < -0.39 is 5.82 Å². The highest BCUT2D eigenvalue weighted by molar-refractivity contribution is 6.30. The van der Waals surface area contributed by atoms with Gasteiger partial charge in [0.15, 0.2) is 11.5 Å². The summed E-state index contributed by atoms with van der Waals surface area (Å²) >= 11 is 5.78. The third-order valence-electron chi connectivity index (χ3n) is 4.12. The summed E-state index contributed by atoms with van der Waals surface area (Å²) < 4.78 is 25.0. The van der Waals surface area contributed by atoms with Crippen LogP contribution >= 0.6 is 11.6 Å². The molecule has 0 amide bonds. The minimum atomic E-state index is -0.471. The lowest BCUT2D eigenvalue weighted by molar-refractivity contribution is 0.116. The van der Waals surface area contributed by atoms with E-state index in [4.69, 9.17) is 21.1 Å². The summed E-state index contributed by atoms with van der Waals surface area (Å²) in [5, 5.41) is 3.42. The molecule has 0 spiro atoms. The Kier molecular flexibility index (Phi) is 4.03. The lowest BCUT2D eigenvalue weighted by atomic mass is 9.97. The highest BCUT2D eigenvalue weighted by Crippen LogP contribution is 2.42. The zero-order chi connectivity index (χ0) is 14.1. The summed E-state index contributed by atoms with van der Waals surface area (Å²) in [6.45, 7) is 2.00. The van der Waals surface area contributed by atoms with Crippen molar-refractivity contribution in [2.24, 2.45) is 11.8 Å². The lowest BCUT2D eigenvalue weighted by Gasteiger charge is -2.25. The van der Waals surface area contributed by atoms with E-state index in [0.29, 0.717) is 23.3 Å². The molecule has 0 bridgehead atoms. The summed E-state index contributed by atoms with van der Waals surface area (Å²) in [5.41, 5.74) is 0. The molecule has 2 fully saturated rings. The van der Waals surface area contributed by atoms with Crippen molar-refractivity contribution in [3.8, 4) is 11.5 Å². The van der Waals surface area contributed by atoms with Crippen molar-refractivity contribution < 1.29 is 13.9 Å². The molecule has 110 valence electrons. The van der Waals surface area contributed by atoms with Crippen LogP contribution in [-0.2, 0) is 0 Å². The number of hydrogen-bond acceptors (Lipinski definition) is 3. The van der Waals surface area contributed by atoms with Gasteiger partial charge in [-0.2, -0.15) is 0 Å². The van der Waals surface area contributed by atoms with E-state index in [-0.39, 0.29) is 11.1 Å². The first-order valence-corrected chi connectivity index (χ1v) is 7.47. The number of halogens is 2. The quantitative estimate of drug-likeness (QED) is 0.905. The molecule has 1 heterocycles. The smallest absolute Gasteiger partial charge is 0.164 e. The molecule has 1 aliphatic carbocycles. The maximum Gasteiger partial charge on any atom is 0.164 e. The first kappa shape index (κ1) is 14.0. The number of hydrogen-bond donors (Lipinski definition) is 1. The van der Waals surface area contributed by atoms with E-state index in [1.54, 1.807) is 7.11 Å². The number of ether oxygens (including phenoxy) is 2. The van der Waals surface area contributed by atoms with E-state index in [1.807, 2.05) is 0 Å². The van der Waals surface area contributed by atoms with Crippen LogP contribution in [0.15, 0.2) is 12.1 Å². The van der Waals surface area contributed by atoms with Crippen molar-refractivity contribution >= 4 is 11.6 Å². The summed E-state index contributed by atoms with van der Waals surface area (Å²) in [5.74, 6) is 1.56. The largest absolute Gasteiger partial charge is 0.493 e. The van der Waals surface area contributed by atoms with Crippen LogP contribution in [0.2, 0.25) is 5.02 Å². The van der Waals surface area contributed by atoms with Crippen molar-refractivity contribution in [3.05, 3.63) is 23.0 Å². The van der Waals surface area contributed by atoms with Crippen molar-refractivity contribution in [2.45, 2.75) is 25.4 Å². The fourth-order valence-electron chi connectivity index (χ4n) is 2.87. The fourth-order valence-corrected chi connectivity index (χ4v) is 3.02. The van der Waals surface area contributed by atoms with E-state index in [0.717, 1.165) is 19.5 Å². The fraction of sp³-hybridized carbons (Fsp3) is 0.600. The predicted octanol–water partition coefficient (Wildman–Crippen LogP) is 3.25. The SMILES string of the molecule is COc1cc(Cl)c(F)cc1O[C@@H](C1CC1)[C@H]1CCNC1. The van der Waals surface area contributed by atoms with Crippen LogP contribution < -0.4 is 14.8 Å². The molecule has 1 aromatic carbocycles. The first-order valence-electron chi connectivity index (χ1n) is 7.09. The number of rotatable bonds is 5. The molecule has 5 heteroatoms. The van der Waals surface area contributed by atoms with Gasteiger partial charge in [0, 0.05) is 24.6 Å². The van der Waals surface area contributed by atoms with Gasteiger partial charge < -0.3 is 14.8 Å². The van der Waals surface area contributed by atoms with E-state index in [1.165, 1.54) is 25.0 Å². The molecule has 1 saturated heterocycles. The summed E-state index contributed by atoms with van der Waals surface area (Å²) in [6, 6.07) is 2.81. The van der Waals surface area contributed by atoms with Crippen LogP contribution in [0.25, 0.3) is 0 Å². The van der Waals surface area contributed by atoms with Crippen molar-refractivity contribution in [1.82, 2.24) is 5.32 Å². The summed E-state index contributed by atoms with van der Waals surface area (Å²) in [4.78, 5) is 0. The molecule has 0 unspecified atom stereocenters. The zero-order valence-corrected chi connectivity index (χ0v) is 12.3. The summed E-state index contributed by atoms with van der Waals surface area (Å²) in [7, 11) is 1.54. The van der Waals surface area contributed by atoms with Gasteiger partial charge >= 0.3 is 0 Å². The molecule has 2 atom stereocenters. The van der Waals surface area contributed by atoms with Gasteiger partial charge in [-0.1, -0.05) is 11.6 Å². The Morgan fingerprint density at radius 1 is 1.25 bits per heavy atom. The van der Waals surface area contributed by atoms with Gasteiger partial charge in [-0.3, -0.25) is 0 Å². The Morgan fingerprint density at radius 2 is 2.05 bits per heavy atom. The second-order valence-corrected chi connectivity index (χ2v) is 6.00. The first-order chi connectivity index (χ1) is 9.69. The van der Waals surface area contributed by atoms with Crippen molar-refractivity contribution in [1.29, 1.82) is 0 Å². The van der Waals surface area contributed by atoms with Gasteiger partial charge in [0.2, 0.25) is 0 Å². The van der Waals surface area contributed by atoms with E-state index in [9.17, 15) is 4.39 Å². The van der Waals surface area contributed by atoms with Gasteiger partial charge in [-0.05, 0) is 31.7 Å². The summed E-state index contributed by atoms with van der Waals surface area (Å²) in [6.07, 6.45) is 3.64. The van der Waals surface area contributed by atoms with Gasteiger partial charge in [-0.15, -0.1) is 0 Å². The Labute approximate surface area is 123 Å². The molecule has 1 N–H and O–H groups in total. The molecule has 3 rings (SSSR count). The molecule has 1 aromatic rings. The molecular weight excluding hydrogens is 281 g/mol. The Bertz CT molecular complexity index is 487. The minimum Gasteiger partial charge on any atom is -0.493 e. The highest BCUT2D eigenvalue weighted by Gasteiger charge is 2.39. The molecule has 1 aliphatic heterocycles. The average Bonchev–Trinajstić information content (AvgIpc) is 3.14. The standard InChI is InChI=1S/C15H19ClFNO2/c1-19-13-6-11(16)12(17)7-14(13)20-15(9-2-3-9)10-4-5-18-8-10/h6-7,9-10,15,18H,2-5,8H2,1H3/t10-,15-/m0/s1. The topological polar surface area (TPSA) is 30.5 Å². The van der Waals surface area contributed by atoms with Crippen molar-refractivity contribution in [3.63, 3.8) is 0 Å². The van der Waals surface area contributed by atoms with Crippen LogP contribution in [0.4, 0.5) is 4.39 Å². The maximum absolute atomic E-state index is 13.7. The predicted molar refractivity (Wildman–Crippen MR) is 76.1 cm³/mol. The van der Waals surface area contributed by atoms with Gasteiger partial charge in [-0.25, -0.2) is 4.39 Å². The Hall–Kier alpha value is -1.00. The van der Waals surface area contributed by atoms with Crippen molar-refractivity contribution in [2.75, 3.05) is 20.2 Å². The zero-order valence-electron chi connectivity index (χ0n) is 11.5. The van der Waals surface area contributed by atoms with E-state index >= 15 is 0 Å². The normalized spacial score (nSPS) is 23.6. The number of methoxy groups -OCH3 is 1. The van der Waals surface area contributed by atoms with Crippen LogP contribution in [0.5, 0.6) is 11.5 Å². The van der Waals surface area contributed by atoms with Gasteiger partial charge in [0.05, 0.1) is 12.1 Å². The molecule has 3 nitrogen and oxygen atoms in total. The van der Waals surface area contributed by atoms with Gasteiger partial charge in [0.1, 0.15) is 11.9 Å². The molecule has 2 aliphatic rings.